The number of imidazole rings is 1. The molecule has 0 radical (unpaired) electrons. The van der Waals surface area contributed by atoms with Gasteiger partial charge in [-0.1, -0.05) is 44.2 Å². The zero-order valence-electron chi connectivity index (χ0n) is 16.1. The third kappa shape index (κ3) is 4.74. The van der Waals surface area contributed by atoms with Gasteiger partial charge in [0.1, 0.15) is 5.82 Å². The highest BCUT2D eigenvalue weighted by atomic mass is 16.1. The molecule has 0 aliphatic carbocycles. The van der Waals surface area contributed by atoms with E-state index in [1.807, 2.05) is 36.4 Å². The molecule has 0 saturated heterocycles. The molecule has 142 valence electrons. The van der Waals surface area contributed by atoms with Crippen molar-refractivity contribution < 1.29 is 4.79 Å². The number of rotatable bonds is 8. The quantitative estimate of drug-likeness (QED) is 0.643. The summed E-state index contributed by atoms with van der Waals surface area (Å²) >= 11 is 0. The van der Waals surface area contributed by atoms with E-state index in [2.05, 4.69) is 41.9 Å². The first-order chi connectivity index (χ1) is 13.1. The Labute approximate surface area is 160 Å². The lowest BCUT2D eigenvalue weighted by atomic mass is 10.0. The molecule has 3 N–H and O–H groups in total. The SMILES string of the molecule is CC(C)CC(CN)NC(=O)CCc1nc2ccccc2n1-c1ccccc1. The number of fused-ring (bicyclic) bond motifs is 1. The van der Waals surface area contributed by atoms with E-state index in [-0.39, 0.29) is 11.9 Å². The van der Waals surface area contributed by atoms with Crippen LogP contribution in [0, 0.1) is 5.92 Å². The molecule has 0 spiro atoms. The van der Waals surface area contributed by atoms with E-state index < -0.39 is 0 Å². The number of aromatic nitrogens is 2. The molecule has 3 rings (SSSR count). The Hall–Kier alpha value is -2.66. The van der Waals surface area contributed by atoms with Gasteiger partial charge in [0, 0.05) is 31.1 Å². The average molecular weight is 364 g/mol. The number of nitrogens with two attached hydrogens (primary N) is 1. The fourth-order valence-electron chi connectivity index (χ4n) is 3.42. The molecule has 1 atom stereocenters. The van der Waals surface area contributed by atoms with Crippen molar-refractivity contribution in [3.63, 3.8) is 0 Å². The first kappa shape index (κ1) is 19.1. The van der Waals surface area contributed by atoms with Crippen LogP contribution >= 0.6 is 0 Å². The van der Waals surface area contributed by atoms with Crippen LogP contribution in [-0.2, 0) is 11.2 Å². The van der Waals surface area contributed by atoms with E-state index in [0.29, 0.717) is 25.3 Å². The summed E-state index contributed by atoms with van der Waals surface area (Å²) in [4.78, 5) is 17.2. The zero-order chi connectivity index (χ0) is 19.2. The minimum atomic E-state index is 0.0257. The summed E-state index contributed by atoms with van der Waals surface area (Å²) in [5.41, 5.74) is 8.85. The maximum absolute atomic E-state index is 12.4. The molecule has 5 heteroatoms. The molecule has 1 heterocycles. The van der Waals surface area contributed by atoms with Crippen LogP contribution in [0.1, 0.15) is 32.5 Å². The lowest BCUT2D eigenvalue weighted by Gasteiger charge is -2.18. The van der Waals surface area contributed by atoms with Crippen LogP contribution in [0.2, 0.25) is 0 Å². The van der Waals surface area contributed by atoms with Gasteiger partial charge in [-0.25, -0.2) is 4.98 Å². The molecule has 5 nitrogen and oxygen atoms in total. The van der Waals surface area contributed by atoms with Crippen molar-refractivity contribution in [3.8, 4) is 5.69 Å². The maximum atomic E-state index is 12.4. The number of aryl methyl sites for hydroxylation is 1. The molecule has 0 aliphatic rings. The minimum absolute atomic E-state index is 0.0257. The minimum Gasteiger partial charge on any atom is -0.352 e. The average Bonchev–Trinajstić information content (AvgIpc) is 3.04. The van der Waals surface area contributed by atoms with Gasteiger partial charge >= 0.3 is 0 Å². The molecule has 3 aromatic rings. The summed E-state index contributed by atoms with van der Waals surface area (Å²) in [5.74, 6) is 1.42. The van der Waals surface area contributed by atoms with Crippen molar-refractivity contribution in [3.05, 3.63) is 60.4 Å². The predicted octanol–water partition coefficient (Wildman–Crippen LogP) is 3.45. The molecular formula is C22H28N4O. The Balaban J connectivity index is 1.78. The lowest BCUT2D eigenvalue weighted by molar-refractivity contribution is -0.121. The van der Waals surface area contributed by atoms with E-state index >= 15 is 0 Å². The number of carbonyl (C=O) groups excluding carboxylic acids is 1. The fourth-order valence-corrected chi connectivity index (χ4v) is 3.42. The van der Waals surface area contributed by atoms with Gasteiger partial charge in [0.25, 0.3) is 0 Å². The number of nitrogens with one attached hydrogen (secondary N) is 1. The number of hydrogen-bond donors (Lipinski definition) is 2. The molecule has 1 aromatic heterocycles. The van der Waals surface area contributed by atoms with Crippen molar-refractivity contribution in [1.29, 1.82) is 0 Å². The van der Waals surface area contributed by atoms with Crippen LogP contribution in [0.4, 0.5) is 0 Å². The van der Waals surface area contributed by atoms with E-state index in [9.17, 15) is 4.79 Å². The van der Waals surface area contributed by atoms with Crippen molar-refractivity contribution >= 4 is 16.9 Å². The Morgan fingerprint density at radius 2 is 1.81 bits per heavy atom. The molecule has 0 fully saturated rings. The van der Waals surface area contributed by atoms with Gasteiger partial charge in [-0.05, 0) is 36.6 Å². The van der Waals surface area contributed by atoms with Crippen LogP contribution in [0.3, 0.4) is 0 Å². The van der Waals surface area contributed by atoms with Crippen molar-refractivity contribution in [2.75, 3.05) is 6.54 Å². The second-order valence-electron chi connectivity index (χ2n) is 7.32. The molecule has 1 unspecified atom stereocenters. The second kappa shape index (κ2) is 8.82. The summed E-state index contributed by atoms with van der Waals surface area (Å²) in [6, 6.07) is 18.2. The Morgan fingerprint density at radius 3 is 2.52 bits per heavy atom. The monoisotopic (exact) mass is 364 g/mol. The Bertz CT molecular complexity index is 886. The number of nitrogens with zero attached hydrogens (tertiary/aromatic N) is 2. The molecule has 2 aromatic carbocycles. The number of carbonyl (C=O) groups is 1. The van der Waals surface area contributed by atoms with Crippen LogP contribution in [0.25, 0.3) is 16.7 Å². The van der Waals surface area contributed by atoms with Gasteiger partial charge in [0.2, 0.25) is 5.91 Å². The maximum Gasteiger partial charge on any atom is 0.220 e. The largest absolute Gasteiger partial charge is 0.352 e. The van der Waals surface area contributed by atoms with Gasteiger partial charge in [0.05, 0.1) is 11.0 Å². The van der Waals surface area contributed by atoms with Crippen molar-refractivity contribution in [2.45, 2.75) is 39.2 Å². The third-order valence-electron chi connectivity index (χ3n) is 4.63. The van der Waals surface area contributed by atoms with Crippen molar-refractivity contribution in [1.82, 2.24) is 14.9 Å². The molecule has 0 saturated carbocycles. The van der Waals surface area contributed by atoms with Crippen LogP contribution < -0.4 is 11.1 Å². The van der Waals surface area contributed by atoms with Gasteiger partial charge in [-0.2, -0.15) is 0 Å². The molecule has 0 bridgehead atoms. The number of benzene rings is 2. The second-order valence-corrected chi connectivity index (χ2v) is 7.32. The highest BCUT2D eigenvalue weighted by molar-refractivity contribution is 5.79. The normalized spacial score (nSPS) is 12.4. The number of amides is 1. The summed E-state index contributed by atoms with van der Waals surface area (Å²) < 4.78 is 2.14. The van der Waals surface area contributed by atoms with Crippen LogP contribution in [0.15, 0.2) is 54.6 Å². The Kier molecular flexibility index (Phi) is 6.24. The summed E-state index contributed by atoms with van der Waals surface area (Å²) in [5, 5.41) is 3.06. The van der Waals surface area contributed by atoms with Gasteiger partial charge in [-0.3, -0.25) is 9.36 Å². The molecule has 27 heavy (non-hydrogen) atoms. The fraction of sp³-hybridized carbons (Fsp3) is 0.364. The third-order valence-corrected chi connectivity index (χ3v) is 4.63. The predicted molar refractivity (Wildman–Crippen MR) is 110 cm³/mol. The first-order valence-corrected chi connectivity index (χ1v) is 9.59. The van der Waals surface area contributed by atoms with E-state index in [1.165, 1.54) is 0 Å². The number of hydrogen-bond acceptors (Lipinski definition) is 3. The van der Waals surface area contributed by atoms with Gasteiger partial charge < -0.3 is 11.1 Å². The molecule has 0 aliphatic heterocycles. The topological polar surface area (TPSA) is 72.9 Å². The van der Waals surface area contributed by atoms with E-state index in [0.717, 1.165) is 29.0 Å². The highest BCUT2D eigenvalue weighted by Crippen LogP contribution is 2.22. The Morgan fingerprint density at radius 1 is 1.11 bits per heavy atom. The first-order valence-electron chi connectivity index (χ1n) is 9.59. The standard InChI is InChI=1S/C22H28N4O/c1-16(2)14-17(15-23)24-22(27)13-12-21-25-19-10-6-7-11-20(19)26(21)18-8-4-3-5-9-18/h3-11,16-17H,12-15,23H2,1-2H3,(H,24,27). The van der Waals surface area contributed by atoms with Crippen LogP contribution in [0.5, 0.6) is 0 Å². The van der Waals surface area contributed by atoms with Crippen molar-refractivity contribution in [2.24, 2.45) is 11.7 Å². The van der Waals surface area contributed by atoms with Gasteiger partial charge in [-0.15, -0.1) is 0 Å². The lowest BCUT2D eigenvalue weighted by Crippen LogP contribution is -2.41. The number of para-hydroxylation sites is 3. The summed E-state index contributed by atoms with van der Waals surface area (Å²) in [6.45, 7) is 4.74. The van der Waals surface area contributed by atoms with Gasteiger partial charge in [0.15, 0.2) is 0 Å². The van der Waals surface area contributed by atoms with E-state index in [4.69, 9.17) is 10.7 Å². The molecular weight excluding hydrogens is 336 g/mol. The highest BCUT2D eigenvalue weighted by Gasteiger charge is 2.16. The summed E-state index contributed by atoms with van der Waals surface area (Å²) in [6.07, 6.45) is 1.86. The zero-order valence-corrected chi connectivity index (χ0v) is 16.1. The van der Waals surface area contributed by atoms with Crippen LogP contribution in [-0.4, -0.2) is 28.0 Å². The smallest absolute Gasteiger partial charge is 0.220 e. The molecule has 1 amide bonds. The summed E-state index contributed by atoms with van der Waals surface area (Å²) in [7, 11) is 0. The van der Waals surface area contributed by atoms with E-state index in [1.54, 1.807) is 0 Å².